The normalized spacial score (nSPS) is 10.9. The molecule has 2 heterocycles. The largest absolute Gasteiger partial charge is 0.462 e. The maximum absolute atomic E-state index is 12.8. The quantitative estimate of drug-likeness (QED) is 0.310. The number of aromatic nitrogens is 2. The van der Waals surface area contributed by atoms with Crippen molar-refractivity contribution in [3.8, 4) is 0 Å². The van der Waals surface area contributed by atoms with E-state index >= 15 is 0 Å². The average molecular weight is 506 g/mol. The van der Waals surface area contributed by atoms with Crippen molar-refractivity contribution < 1.29 is 19.1 Å². The summed E-state index contributed by atoms with van der Waals surface area (Å²) >= 11 is 1.29. The number of rotatable bonds is 10. The summed E-state index contributed by atoms with van der Waals surface area (Å²) in [6.07, 6.45) is 0.916. The van der Waals surface area contributed by atoms with Crippen LogP contribution in [0.2, 0.25) is 0 Å². The smallest absolute Gasteiger partial charge is 0.338 e. The number of nitrogens with one attached hydrogen (secondary N) is 2. The molecule has 0 radical (unpaired) electrons. The van der Waals surface area contributed by atoms with Gasteiger partial charge in [0.25, 0.3) is 11.5 Å². The zero-order chi connectivity index (χ0) is 25.5. The van der Waals surface area contributed by atoms with Crippen LogP contribution in [-0.2, 0) is 35.7 Å². The zero-order valence-electron chi connectivity index (χ0n) is 20.1. The van der Waals surface area contributed by atoms with Crippen molar-refractivity contribution in [3.63, 3.8) is 0 Å². The minimum absolute atomic E-state index is 0.0184. The Labute approximate surface area is 212 Å². The number of thiophene rings is 1. The summed E-state index contributed by atoms with van der Waals surface area (Å²) in [4.78, 5) is 44.6. The van der Waals surface area contributed by atoms with Crippen molar-refractivity contribution in [1.82, 2.24) is 15.3 Å². The van der Waals surface area contributed by atoms with Gasteiger partial charge in [-0.05, 0) is 47.5 Å². The van der Waals surface area contributed by atoms with Crippen LogP contribution in [0, 0.1) is 0 Å². The first-order chi connectivity index (χ1) is 17.5. The van der Waals surface area contributed by atoms with Crippen LogP contribution in [0.25, 0.3) is 10.2 Å². The molecular weight excluding hydrogens is 478 g/mol. The van der Waals surface area contributed by atoms with Gasteiger partial charge in [-0.3, -0.25) is 9.59 Å². The third kappa shape index (κ3) is 6.05. The molecule has 0 bridgehead atoms. The Bertz CT molecular complexity index is 1430. The van der Waals surface area contributed by atoms with Crippen LogP contribution in [0.3, 0.4) is 0 Å². The molecule has 8 nitrogen and oxygen atoms in total. The number of aryl methyl sites for hydroxylation is 1. The highest BCUT2D eigenvalue weighted by Crippen LogP contribution is 2.22. The van der Waals surface area contributed by atoms with Gasteiger partial charge in [0, 0.05) is 12.1 Å². The molecule has 186 valence electrons. The molecule has 2 N–H and O–H groups in total. The summed E-state index contributed by atoms with van der Waals surface area (Å²) in [5.74, 6) is -0.816. The summed E-state index contributed by atoms with van der Waals surface area (Å²) in [6, 6.07) is 15.0. The summed E-state index contributed by atoms with van der Waals surface area (Å²) in [7, 11) is 0. The molecule has 2 aromatic carbocycles. The molecular formula is C27H27N3O5S. The van der Waals surface area contributed by atoms with Gasteiger partial charge in [0.15, 0.2) is 0 Å². The van der Waals surface area contributed by atoms with Crippen LogP contribution in [0.15, 0.2) is 58.7 Å². The van der Waals surface area contributed by atoms with Crippen molar-refractivity contribution in [1.29, 1.82) is 0 Å². The predicted molar refractivity (Wildman–Crippen MR) is 138 cm³/mol. The Morgan fingerprint density at radius 1 is 1.03 bits per heavy atom. The predicted octanol–water partition coefficient (Wildman–Crippen LogP) is 4.37. The van der Waals surface area contributed by atoms with E-state index in [-0.39, 0.29) is 24.0 Å². The SMILES string of the molecule is CCOC(=O)c1ccc(COCc2csc3nc(C(=O)NCc4cccc(CC)c4)[nH]c(=O)c23)cc1. The fourth-order valence-corrected chi connectivity index (χ4v) is 4.60. The van der Waals surface area contributed by atoms with Gasteiger partial charge in [-0.1, -0.05) is 43.3 Å². The number of carbonyl (C=O) groups excluding carboxylic acids is 2. The number of benzene rings is 2. The minimum atomic E-state index is -0.437. The number of aromatic amines is 1. The van der Waals surface area contributed by atoms with Gasteiger partial charge < -0.3 is 19.8 Å². The van der Waals surface area contributed by atoms with E-state index < -0.39 is 5.91 Å². The molecule has 0 fully saturated rings. The lowest BCUT2D eigenvalue weighted by Gasteiger charge is -2.07. The number of nitrogens with zero attached hydrogens (tertiary/aromatic N) is 1. The standard InChI is InChI=1S/C27H27N3O5S/c1-3-17-6-5-7-19(12-17)13-28-25(32)23-29-24(31)22-21(16-36-26(22)30-23)15-34-14-18-8-10-20(11-9-18)27(33)35-4-2/h5-12,16H,3-4,13-15H2,1-2H3,(H,28,32)(H,29,30,31). The average Bonchev–Trinajstić information content (AvgIpc) is 3.31. The van der Waals surface area contributed by atoms with Gasteiger partial charge >= 0.3 is 5.97 Å². The molecule has 0 unspecified atom stereocenters. The summed E-state index contributed by atoms with van der Waals surface area (Å²) in [5, 5.41) is 5.05. The Morgan fingerprint density at radius 3 is 2.56 bits per heavy atom. The fourth-order valence-electron chi connectivity index (χ4n) is 3.68. The number of carbonyl (C=O) groups is 2. The number of H-pyrrole nitrogens is 1. The summed E-state index contributed by atoms with van der Waals surface area (Å²) in [5.41, 5.74) is 3.87. The number of ether oxygens (including phenoxy) is 2. The third-order valence-electron chi connectivity index (χ3n) is 5.58. The first-order valence-corrected chi connectivity index (χ1v) is 12.6. The van der Waals surface area contributed by atoms with Crippen LogP contribution >= 0.6 is 11.3 Å². The Hall–Kier alpha value is -3.82. The van der Waals surface area contributed by atoms with E-state index in [0.29, 0.717) is 41.1 Å². The van der Waals surface area contributed by atoms with E-state index in [1.807, 2.05) is 29.6 Å². The van der Waals surface area contributed by atoms with Crippen LogP contribution in [0.4, 0.5) is 0 Å². The molecule has 4 rings (SSSR count). The number of hydrogen-bond acceptors (Lipinski definition) is 7. The van der Waals surface area contributed by atoms with Crippen LogP contribution in [0.5, 0.6) is 0 Å². The highest BCUT2D eigenvalue weighted by molar-refractivity contribution is 7.16. The first-order valence-electron chi connectivity index (χ1n) is 11.7. The van der Waals surface area contributed by atoms with E-state index in [1.54, 1.807) is 31.2 Å². The molecule has 9 heteroatoms. The zero-order valence-corrected chi connectivity index (χ0v) is 20.9. The van der Waals surface area contributed by atoms with Crippen LogP contribution in [-0.4, -0.2) is 28.5 Å². The van der Waals surface area contributed by atoms with E-state index in [2.05, 4.69) is 22.2 Å². The van der Waals surface area contributed by atoms with Gasteiger partial charge in [0.1, 0.15) is 4.83 Å². The molecule has 2 aromatic heterocycles. The lowest BCUT2D eigenvalue weighted by Crippen LogP contribution is -2.27. The van der Waals surface area contributed by atoms with E-state index in [4.69, 9.17) is 9.47 Å². The maximum atomic E-state index is 12.8. The number of hydrogen-bond donors (Lipinski definition) is 2. The van der Waals surface area contributed by atoms with Gasteiger partial charge in [0.2, 0.25) is 5.82 Å². The van der Waals surface area contributed by atoms with E-state index in [0.717, 1.165) is 17.5 Å². The number of fused-ring (bicyclic) bond motifs is 1. The second kappa shape index (κ2) is 11.7. The highest BCUT2D eigenvalue weighted by atomic mass is 32.1. The Morgan fingerprint density at radius 2 is 1.81 bits per heavy atom. The van der Waals surface area contributed by atoms with Crippen molar-refractivity contribution in [2.45, 2.75) is 40.0 Å². The molecule has 0 saturated heterocycles. The van der Waals surface area contributed by atoms with Crippen molar-refractivity contribution in [2.24, 2.45) is 0 Å². The molecule has 0 saturated carbocycles. The number of esters is 1. The molecule has 0 spiro atoms. The highest BCUT2D eigenvalue weighted by Gasteiger charge is 2.16. The Kier molecular flexibility index (Phi) is 8.24. The molecule has 0 aliphatic rings. The van der Waals surface area contributed by atoms with Crippen molar-refractivity contribution in [2.75, 3.05) is 6.61 Å². The molecule has 1 amide bonds. The lowest BCUT2D eigenvalue weighted by molar-refractivity contribution is 0.0526. The summed E-state index contributed by atoms with van der Waals surface area (Å²) in [6.45, 7) is 5.03. The van der Waals surface area contributed by atoms with Gasteiger partial charge in [0.05, 0.1) is 30.8 Å². The third-order valence-corrected chi connectivity index (χ3v) is 6.50. The molecule has 36 heavy (non-hydrogen) atoms. The molecule has 0 atom stereocenters. The van der Waals surface area contributed by atoms with Gasteiger partial charge in [-0.15, -0.1) is 11.3 Å². The van der Waals surface area contributed by atoms with E-state index in [1.165, 1.54) is 16.9 Å². The van der Waals surface area contributed by atoms with Crippen LogP contribution in [0.1, 0.15) is 57.1 Å². The monoisotopic (exact) mass is 505 g/mol. The second-order valence-corrected chi connectivity index (χ2v) is 8.98. The van der Waals surface area contributed by atoms with Crippen molar-refractivity contribution in [3.05, 3.63) is 97.9 Å². The minimum Gasteiger partial charge on any atom is -0.462 e. The van der Waals surface area contributed by atoms with Crippen LogP contribution < -0.4 is 10.9 Å². The first kappa shape index (κ1) is 25.3. The molecule has 0 aliphatic heterocycles. The second-order valence-electron chi connectivity index (χ2n) is 8.12. The van der Waals surface area contributed by atoms with E-state index in [9.17, 15) is 14.4 Å². The summed E-state index contributed by atoms with van der Waals surface area (Å²) < 4.78 is 10.8. The maximum Gasteiger partial charge on any atom is 0.338 e. The lowest BCUT2D eigenvalue weighted by atomic mass is 10.1. The molecule has 4 aromatic rings. The topological polar surface area (TPSA) is 110 Å². The van der Waals surface area contributed by atoms with Crippen molar-refractivity contribution >= 4 is 33.4 Å². The molecule has 0 aliphatic carbocycles. The number of amides is 1. The Balaban J connectivity index is 1.37. The fraction of sp³-hybridized carbons (Fsp3) is 0.259. The van der Waals surface area contributed by atoms with Gasteiger partial charge in [-0.25, -0.2) is 9.78 Å². The van der Waals surface area contributed by atoms with Gasteiger partial charge in [-0.2, -0.15) is 0 Å².